The number of carboxylic acids is 1. The molecule has 2 heteroatoms. The number of aliphatic carboxylic acids is 1. The molecule has 0 spiro atoms. The van der Waals surface area contributed by atoms with Crippen LogP contribution in [0.2, 0.25) is 0 Å². The summed E-state index contributed by atoms with van der Waals surface area (Å²) < 4.78 is 0. The molecule has 74 valence electrons. The van der Waals surface area contributed by atoms with Gasteiger partial charge in [-0.2, -0.15) is 0 Å². The lowest BCUT2D eigenvalue weighted by molar-refractivity contribution is -0.140. The van der Waals surface area contributed by atoms with Crippen molar-refractivity contribution in [2.45, 2.75) is 31.6 Å². The Balaban J connectivity index is 2.37. The van der Waals surface area contributed by atoms with Gasteiger partial charge >= 0.3 is 5.97 Å². The summed E-state index contributed by atoms with van der Waals surface area (Å²) in [5.74, 6) is -0.675. The monoisotopic (exact) mass is 190 g/mol. The van der Waals surface area contributed by atoms with Crippen molar-refractivity contribution in [3.8, 4) is 0 Å². The Morgan fingerprint density at radius 2 is 2.21 bits per heavy atom. The van der Waals surface area contributed by atoms with E-state index in [2.05, 4.69) is 6.92 Å². The molecule has 0 heterocycles. The molecule has 1 aromatic rings. The Bertz CT molecular complexity index is 364. The number of carboxylic acid groups (broad SMARTS) is 1. The van der Waals surface area contributed by atoms with Crippen LogP contribution < -0.4 is 0 Å². The van der Waals surface area contributed by atoms with Crippen LogP contribution in [-0.2, 0) is 16.6 Å². The van der Waals surface area contributed by atoms with Gasteiger partial charge in [0.05, 0.1) is 5.41 Å². The lowest BCUT2D eigenvalue weighted by atomic mass is 9.94. The summed E-state index contributed by atoms with van der Waals surface area (Å²) in [6.45, 7) is 2.08. The highest BCUT2D eigenvalue weighted by atomic mass is 16.4. The van der Waals surface area contributed by atoms with Gasteiger partial charge in [0.15, 0.2) is 0 Å². The van der Waals surface area contributed by atoms with E-state index in [0.29, 0.717) is 0 Å². The first-order valence-corrected chi connectivity index (χ1v) is 5.02. The summed E-state index contributed by atoms with van der Waals surface area (Å²) in [7, 11) is 0. The molecule has 1 aliphatic rings. The average Bonchev–Trinajstić information content (AvgIpc) is 2.98. The minimum absolute atomic E-state index is 0.550. The maximum atomic E-state index is 11.1. The topological polar surface area (TPSA) is 37.3 Å². The van der Waals surface area contributed by atoms with Crippen molar-refractivity contribution in [2.75, 3.05) is 0 Å². The normalized spacial score (nSPS) is 17.8. The van der Waals surface area contributed by atoms with E-state index in [1.54, 1.807) is 0 Å². The van der Waals surface area contributed by atoms with Gasteiger partial charge in [0.1, 0.15) is 0 Å². The standard InChI is InChI=1S/C12H14O2/c1-2-9-4-3-5-10(8-9)12(6-7-12)11(13)14/h3-5,8H,2,6-7H2,1H3,(H,13,14). The van der Waals surface area contributed by atoms with E-state index in [-0.39, 0.29) is 0 Å². The zero-order valence-corrected chi connectivity index (χ0v) is 8.29. The Morgan fingerprint density at radius 3 is 2.71 bits per heavy atom. The predicted octanol–water partition coefficient (Wildman–Crippen LogP) is 2.37. The van der Waals surface area contributed by atoms with Crippen LogP contribution in [0.25, 0.3) is 0 Å². The number of carbonyl (C=O) groups is 1. The van der Waals surface area contributed by atoms with E-state index < -0.39 is 11.4 Å². The Kier molecular flexibility index (Phi) is 2.06. The van der Waals surface area contributed by atoms with Crippen molar-refractivity contribution >= 4 is 5.97 Å². The lowest BCUT2D eigenvalue weighted by Crippen LogP contribution is -2.19. The quantitative estimate of drug-likeness (QED) is 0.794. The third-order valence-electron chi connectivity index (χ3n) is 3.05. The van der Waals surface area contributed by atoms with Crippen LogP contribution >= 0.6 is 0 Å². The fraction of sp³-hybridized carbons (Fsp3) is 0.417. The van der Waals surface area contributed by atoms with Crippen molar-refractivity contribution in [1.29, 1.82) is 0 Å². The van der Waals surface area contributed by atoms with E-state index >= 15 is 0 Å². The molecule has 2 nitrogen and oxygen atoms in total. The van der Waals surface area contributed by atoms with E-state index in [1.807, 2.05) is 24.3 Å². The molecule has 14 heavy (non-hydrogen) atoms. The highest BCUT2D eigenvalue weighted by Gasteiger charge is 2.51. The summed E-state index contributed by atoms with van der Waals surface area (Å²) in [5.41, 5.74) is 1.64. The molecule has 1 N–H and O–H groups in total. The fourth-order valence-electron chi connectivity index (χ4n) is 1.84. The smallest absolute Gasteiger partial charge is 0.314 e. The minimum Gasteiger partial charge on any atom is -0.481 e. The maximum Gasteiger partial charge on any atom is 0.314 e. The second-order valence-electron chi connectivity index (χ2n) is 3.94. The van der Waals surface area contributed by atoms with Crippen molar-refractivity contribution in [1.82, 2.24) is 0 Å². The predicted molar refractivity (Wildman–Crippen MR) is 54.4 cm³/mol. The first-order chi connectivity index (χ1) is 6.69. The van der Waals surface area contributed by atoms with Gasteiger partial charge in [-0.15, -0.1) is 0 Å². The molecule has 1 fully saturated rings. The molecule has 1 aliphatic carbocycles. The molecule has 2 rings (SSSR count). The second kappa shape index (κ2) is 3.12. The van der Waals surface area contributed by atoms with Crippen LogP contribution in [0.15, 0.2) is 24.3 Å². The van der Waals surface area contributed by atoms with Crippen molar-refractivity contribution in [3.05, 3.63) is 35.4 Å². The van der Waals surface area contributed by atoms with E-state index in [1.165, 1.54) is 5.56 Å². The van der Waals surface area contributed by atoms with Crippen LogP contribution in [-0.4, -0.2) is 11.1 Å². The highest BCUT2D eigenvalue weighted by molar-refractivity contribution is 5.84. The van der Waals surface area contributed by atoms with Crippen molar-refractivity contribution in [3.63, 3.8) is 0 Å². The summed E-state index contributed by atoms with van der Waals surface area (Å²) in [5, 5.41) is 9.12. The van der Waals surface area contributed by atoms with Crippen LogP contribution in [0.1, 0.15) is 30.9 Å². The van der Waals surface area contributed by atoms with E-state index in [9.17, 15) is 4.79 Å². The maximum absolute atomic E-state index is 11.1. The fourth-order valence-corrected chi connectivity index (χ4v) is 1.84. The zero-order valence-electron chi connectivity index (χ0n) is 8.29. The average molecular weight is 190 g/mol. The molecule has 1 aromatic carbocycles. The van der Waals surface area contributed by atoms with Crippen molar-refractivity contribution < 1.29 is 9.90 Å². The molecular weight excluding hydrogens is 176 g/mol. The number of hydrogen-bond donors (Lipinski definition) is 1. The molecule has 0 atom stereocenters. The van der Waals surface area contributed by atoms with E-state index in [0.717, 1.165) is 24.8 Å². The van der Waals surface area contributed by atoms with Gasteiger partial charge in [0.2, 0.25) is 0 Å². The van der Waals surface area contributed by atoms with E-state index in [4.69, 9.17) is 5.11 Å². The molecule has 0 saturated heterocycles. The first kappa shape index (κ1) is 9.25. The molecule has 1 saturated carbocycles. The zero-order chi connectivity index (χ0) is 10.2. The summed E-state index contributed by atoms with van der Waals surface area (Å²) in [6, 6.07) is 7.96. The highest BCUT2D eigenvalue weighted by Crippen LogP contribution is 2.48. The van der Waals surface area contributed by atoms with Gasteiger partial charge in [0, 0.05) is 0 Å². The molecule has 0 bridgehead atoms. The largest absolute Gasteiger partial charge is 0.481 e. The van der Waals surface area contributed by atoms with Gasteiger partial charge in [0.25, 0.3) is 0 Å². The van der Waals surface area contributed by atoms with Crippen LogP contribution in [0, 0.1) is 0 Å². The number of benzene rings is 1. The van der Waals surface area contributed by atoms with Crippen LogP contribution in [0.4, 0.5) is 0 Å². The summed E-state index contributed by atoms with van der Waals surface area (Å²) >= 11 is 0. The molecule has 0 aliphatic heterocycles. The first-order valence-electron chi connectivity index (χ1n) is 5.02. The third-order valence-corrected chi connectivity index (χ3v) is 3.05. The molecule has 0 unspecified atom stereocenters. The Labute approximate surface area is 83.6 Å². The molecular formula is C12H14O2. The SMILES string of the molecule is CCc1cccc(C2(C(=O)O)CC2)c1. The lowest BCUT2D eigenvalue weighted by Gasteiger charge is -2.10. The van der Waals surface area contributed by atoms with Gasteiger partial charge < -0.3 is 5.11 Å². The van der Waals surface area contributed by atoms with Gasteiger partial charge in [-0.25, -0.2) is 0 Å². The van der Waals surface area contributed by atoms with Gasteiger partial charge in [-0.05, 0) is 30.4 Å². The van der Waals surface area contributed by atoms with Gasteiger partial charge in [-0.1, -0.05) is 31.2 Å². The van der Waals surface area contributed by atoms with Crippen LogP contribution in [0.3, 0.4) is 0 Å². The third kappa shape index (κ3) is 1.31. The minimum atomic E-state index is -0.675. The molecule has 0 amide bonds. The number of aryl methyl sites for hydroxylation is 1. The Hall–Kier alpha value is -1.31. The summed E-state index contributed by atoms with van der Waals surface area (Å²) in [6.07, 6.45) is 2.54. The number of hydrogen-bond acceptors (Lipinski definition) is 1. The molecule has 0 radical (unpaired) electrons. The van der Waals surface area contributed by atoms with Crippen LogP contribution in [0.5, 0.6) is 0 Å². The molecule has 0 aromatic heterocycles. The second-order valence-corrected chi connectivity index (χ2v) is 3.94. The Morgan fingerprint density at radius 1 is 1.50 bits per heavy atom. The summed E-state index contributed by atoms with van der Waals surface area (Å²) in [4.78, 5) is 11.1. The number of rotatable bonds is 3. The van der Waals surface area contributed by atoms with Crippen molar-refractivity contribution in [2.24, 2.45) is 0 Å². The van der Waals surface area contributed by atoms with Gasteiger partial charge in [-0.3, -0.25) is 4.79 Å².